The van der Waals surface area contributed by atoms with Gasteiger partial charge in [0.2, 0.25) is 0 Å². The minimum Gasteiger partial charge on any atom is -0.120 e. The predicted molar refractivity (Wildman–Crippen MR) is 63.0 cm³/mol. The third-order valence-electron chi connectivity index (χ3n) is 1.07. The number of rotatable bonds is 2. The van der Waals surface area contributed by atoms with E-state index in [0.29, 0.717) is 0 Å². The predicted octanol–water partition coefficient (Wildman–Crippen LogP) is 3.52. The molecular weight excluding hydrogens is 180 g/mol. The summed E-state index contributed by atoms with van der Waals surface area (Å²) in [5.74, 6) is 1.03. The van der Waals surface area contributed by atoms with E-state index in [1.165, 1.54) is 5.57 Å². The first-order valence-electron chi connectivity index (χ1n) is 4.19. The van der Waals surface area contributed by atoms with Crippen LogP contribution in [0.2, 0.25) is 19.6 Å². The second-order valence-corrected chi connectivity index (χ2v) is 9.65. The Morgan fingerprint density at radius 3 is 2.33 bits per heavy atom. The minimum atomic E-state index is -1.14. The van der Waals surface area contributed by atoms with Gasteiger partial charge in [-0.05, 0) is 19.1 Å². The van der Waals surface area contributed by atoms with Crippen LogP contribution in [-0.2, 0) is 0 Å². The SMILES string of the molecule is CC(C)=CCSC#C[Si](C)(C)C. The number of allylic oxidation sites excluding steroid dienone is 1. The van der Waals surface area contributed by atoms with E-state index in [-0.39, 0.29) is 0 Å². The molecule has 0 rings (SSSR count). The summed E-state index contributed by atoms with van der Waals surface area (Å²) in [5.41, 5.74) is 4.69. The van der Waals surface area contributed by atoms with Crippen LogP contribution in [0.1, 0.15) is 13.8 Å². The molecule has 0 aliphatic rings. The maximum Gasteiger partial charge on any atom is 0.130 e. The smallest absolute Gasteiger partial charge is 0.120 e. The van der Waals surface area contributed by atoms with Crippen LogP contribution in [-0.4, -0.2) is 13.8 Å². The maximum absolute atomic E-state index is 3.32. The largest absolute Gasteiger partial charge is 0.130 e. The van der Waals surface area contributed by atoms with E-state index in [1.54, 1.807) is 11.8 Å². The van der Waals surface area contributed by atoms with E-state index in [0.717, 1.165) is 5.75 Å². The van der Waals surface area contributed by atoms with Crippen LogP contribution in [0.4, 0.5) is 0 Å². The third kappa shape index (κ3) is 9.87. The number of thioether (sulfide) groups is 1. The molecule has 0 saturated carbocycles. The van der Waals surface area contributed by atoms with Crippen LogP contribution in [0, 0.1) is 10.8 Å². The highest BCUT2D eigenvalue weighted by Gasteiger charge is 2.06. The van der Waals surface area contributed by atoms with Gasteiger partial charge in [0.15, 0.2) is 0 Å². The fourth-order valence-corrected chi connectivity index (χ4v) is 2.45. The Kier molecular flexibility index (Phi) is 5.44. The lowest BCUT2D eigenvalue weighted by Crippen LogP contribution is -2.15. The highest BCUT2D eigenvalue weighted by atomic mass is 32.2. The molecule has 0 amide bonds. The van der Waals surface area contributed by atoms with Gasteiger partial charge in [0.1, 0.15) is 8.07 Å². The zero-order valence-electron chi connectivity index (χ0n) is 8.69. The Morgan fingerprint density at radius 2 is 1.92 bits per heavy atom. The molecule has 0 saturated heterocycles. The summed E-state index contributed by atoms with van der Waals surface area (Å²) >= 11 is 1.71. The Bertz CT molecular complexity index is 208. The molecular formula is C10H18SSi. The molecule has 0 radical (unpaired) electrons. The first kappa shape index (κ1) is 11.9. The van der Waals surface area contributed by atoms with E-state index in [2.05, 4.69) is 50.4 Å². The van der Waals surface area contributed by atoms with Gasteiger partial charge in [-0.3, -0.25) is 0 Å². The summed E-state index contributed by atoms with van der Waals surface area (Å²) in [6.07, 6.45) is 2.21. The van der Waals surface area contributed by atoms with E-state index in [1.807, 2.05) is 0 Å². The van der Waals surface area contributed by atoms with E-state index in [9.17, 15) is 0 Å². The van der Waals surface area contributed by atoms with Crippen LogP contribution in [0.5, 0.6) is 0 Å². The lowest BCUT2D eigenvalue weighted by Gasteiger charge is -2.02. The van der Waals surface area contributed by atoms with Gasteiger partial charge in [-0.25, -0.2) is 0 Å². The molecule has 0 unspecified atom stereocenters. The Labute approximate surface area is 81.8 Å². The first-order valence-corrected chi connectivity index (χ1v) is 8.68. The monoisotopic (exact) mass is 198 g/mol. The Hall–Kier alpha value is -0.133. The van der Waals surface area contributed by atoms with Crippen LogP contribution < -0.4 is 0 Å². The van der Waals surface area contributed by atoms with Crippen LogP contribution >= 0.6 is 11.8 Å². The molecule has 0 nitrogen and oxygen atoms in total. The van der Waals surface area contributed by atoms with Gasteiger partial charge >= 0.3 is 0 Å². The lowest BCUT2D eigenvalue weighted by molar-refractivity contribution is 1.37. The van der Waals surface area contributed by atoms with Gasteiger partial charge < -0.3 is 0 Å². The summed E-state index contributed by atoms with van der Waals surface area (Å²) in [7, 11) is -1.14. The second kappa shape index (κ2) is 5.50. The zero-order valence-corrected chi connectivity index (χ0v) is 10.5. The van der Waals surface area contributed by atoms with Crippen molar-refractivity contribution in [1.82, 2.24) is 0 Å². The van der Waals surface area contributed by atoms with Crippen molar-refractivity contribution in [2.75, 3.05) is 5.75 Å². The van der Waals surface area contributed by atoms with Crippen molar-refractivity contribution in [2.45, 2.75) is 33.5 Å². The van der Waals surface area contributed by atoms with Crippen LogP contribution in [0.3, 0.4) is 0 Å². The van der Waals surface area contributed by atoms with E-state index in [4.69, 9.17) is 0 Å². The molecule has 0 aliphatic carbocycles. The summed E-state index contributed by atoms with van der Waals surface area (Å²) in [6.45, 7) is 11.0. The highest BCUT2D eigenvalue weighted by molar-refractivity contribution is 8.04. The van der Waals surface area contributed by atoms with Gasteiger partial charge in [-0.15, -0.1) is 5.54 Å². The number of hydrogen-bond donors (Lipinski definition) is 0. The molecule has 0 atom stereocenters. The number of hydrogen-bond acceptors (Lipinski definition) is 1. The van der Waals surface area contributed by atoms with Crippen molar-refractivity contribution in [1.29, 1.82) is 0 Å². The standard InChI is InChI=1S/C10H18SSi/c1-10(2)6-7-11-8-9-12(3,4)5/h6H,7H2,1-5H3. The van der Waals surface area contributed by atoms with Gasteiger partial charge in [-0.2, -0.15) is 0 Å². The topological polar surface area (TPSA) is 0 Å². The third-order valence-corrected chi connectivity index (χ3v) is 2.71. The van der Waals surface area contributed by atoms with Crippen molar-refractivity contribution >= 4 is 19.8 Å². The summed E-state index contributed by atoms with van der Waals surface area (Å²) < 4.78 is 0. The molecule has 0 N–H and O–H groups in total. The molecule has 0 aromatic rings. The fraction of sp³-hybridized carbons (Fsp3) is 0.600. The highest BCUT2D eigenvalue weighted by Crippen LogP contribution is 2.03. The molecule has 0 aliphatic heterocycles. The molecule has 0 spiro atoms. The average Bonchev–Trinajstić information content (AvgIpc) is 1.83. The Balaban J connectivity index is 3.68. The lowest BCUT2D eigenvalue weighted by atomic mass is 10.3. The zero-order chi connectivity index (χ0) is 9.61. The van der Waals surface area contributed by atoms with Crippen molar-refractivity contribution in [3.8, 4) is 10.8 Å². The summed E-state index contributed by atoms with van der Waals surface area (Å²) in [4.78, 5) is 0. The maximum atomic E-state index is 3.32. The van der Waals surface area contributed by atoms with Gasteiger partial charge in [0.25, 0.3) is 0 Å². The van der Waals surface area contributed by atoms with Crippen molar-refractivity contribution in [3.63, 3.8) is 0 Å². The van der Waals surface area contributed by atoms with E-state index >= 15 is 0 Å². The quantitative estimate of drug-likeness (QED) is 0.283. The minimum absolute atomic E-state index is 1.03. The molecule has 68 valence electrons. The molecule has 12 heavy (non-hydrogen) atoms. The molecule has 0 heterocycles. The van der Waals surface area contributed by atoms with Gasteiger partial charge in [0, 0.05) is 5.75 Å². The summed E-state index contributed by atoms with van der Waals surface area (Å²) in [5, 5.41) is 3.16. The first-order chi connectivity index (χ1) is 5.42. The van der Waals surface area contributed by atoms with Gasteiger partial charge in [0.05, 0.1) is 0 Å². The average molecular weight is 198 g/mol. The molecule has 0 fully saturated rings. The molecule has 2 heteroatoms. The molecule has 0 aromatic heterocycles. The van der Waals surface area contributed by atoms with Crippen LogP contribution in [0.15, 0.2) is 11.6 Å². The second-order valence-electron chi connectivity index (χ2n) is 4.07. The summed E-state index contributed by atoms with van der Waals surface area (Å²) in [6, 6.07) is 0. The van der Waals surface area contributed by atoms with Crippen molar-refractivity contribution in [2.24, 2.45) is 0 Å². The van der Waals surface area contributed by atoms with Crippen molar-refractivity contribution < 1.29 is 0 Å². The fourth-order valence-electron chi connectivity index (χ4n) is 0.439. The van der Waals surface area contributed by atoms with Gasteiger partial charge in [-0.1, -0.05) is 43.1 Å². The van der Waals surface area contributed by atoms with E-state index < -0.39 is 8.07 Å². The van der Waals surface area contributed by atoms with Crippen LogP contribution in [0.25, 0.3) is 0 Å². The Morgan fingerprint density at radius 1 is 1.33 bits per heavy atom. The molecule has 0 aromatic carbocycles. The normalized spacial score (nSPS) is 10.1. The van der Waals surface area contributed by atoms with Crippen molar-refractivity contribution in [3.05, 3.63) is 11.6 Å². The molecule has 0 bridgehead atoms.